The topological polar surface area (TPSA) is 127 Å². The van der Waals surface area contributed by atoms with Gasteiger partial charge in [0.1, 0.15) is 12.4 Å². The number of halogens is 4. The molecule has 1 N–H and O–H groups in total. The smallest absolute Gasteiger partial charge is 0.387 e. The number of hydrogen-bond donors (Lipinski definition) is 1. The Morgan fingerprint density at radius 1 is 1.02 bits per heavy atom. The van der Waals surface area contributed by atoms with Crippen molar-refractivity contribution in [2.45, 2.75) is 96.9 Å². The summed E-state index contributed by atoms with van der Waals surface area (Å²) in [6, 6.07) is 12.0. The highest BCUT2D eigenvalue weighted by atomic mass is 35.5. The molecule has 16 heteroatoms. The summed E-state index contributed by atoms with van der Waals surface area (Å²) in [7, 11) is 0. The molecular formula is C43H46Cl2F2N4O7S. The third kappa shape index (κ3) is 11.9. The number of imide groups is 1. The van der Waals surface area contributed by atoms with Crippen molar-refractivity contribution in [3.8, 4) is 17.2 Å². The summed E-state index contributed by atoms with van der Waals surface area (Å²) in [5, 5.41) is 4.43. The van der Waals surface area contributed by atoms with E-state index in [4.69, 9.17) is 32.7 Å². The molecule has 0 saturated heterocycles. The predicted molar refractivity (Wildman–Crippen MR) is 222 cm³/mol. The van der Waals surface area contributed by atoms with Crippen LogP contribution in [0.25, 0.3) is 0 Å². The molecule has 0 spiro atoms. The second kappa shape index (κ2) is 20.9. The number of amides is 4. The van der Waals surface area contributed by atoms with Crippen LogP contribution in [0, 0.1) is 5.92 Å². The van der Waals surface area contributed by atoms with Gasteiger partial charge in [-0.15, -0.1) is 11.3 Å². The van der Waals surface area contributed by atoms with Gasteiger partial charge in [0.05, 0.1) is 27.9 Å². The monoisotopic (exact) mass is 870 g/mol. The normalized spacial score (nSPS) is 13.9. The van der Waals surface area contributed by atoms with Crippen molar-refractivity contribution in [1.29, 1.82) is 0 Å². The fourth-order valence-electron chi connectivity index (χ4n) is 6.89. The van der Waals surface area contributed by atoms with Gasteiger partial charge in [-0.2, -0.15) is 8.78 Å². The molecule has 6 rings (SSSR count). The molecule has 1 unspecified atom stereocenters. The van der Waals surface area contributed by atoms with E-state index in [2.05, 4.69) is 27.2 Å². The molecule has 1 aliphatic carbocycles. The molecule has 1 atom stereocenters. The van der Waals surface area contributed by atoms with Gasteiger partial charge in [-0.25, -0.2) is 0 Å². The lowest BCUT2D eigenvalue weighted by atomic mass is 10.0. The number of aryl methyl sites for hydroxylation is 1. The van der Waals surface area contributed by atoms with Gasteiger partial charge < -0.3 is 24.0 Å². The summed E-state index contributed by atoms with van der Waals surface area (Å²) in [5.41, 5.74) is 3.38. The zero-order valence-corrected chi connectivity index (χ0v) is 34.9. The number of carbonyl (C=O) groups excluding carboxylic acids is 4. The highest BCUT2D eigenvalue weighted by Crippen LogP contribution is 2.38. The molecule has 1 fully saturated rings. The highest BCUT2D eigenvalue weighted by Gasteiger charge is 2.34. The predicted octanol–water partition coefficient (Wildman–Crippen LogP) is 9.66. The van der Waals surface area contributed by atoms with Crippen molar-refractivity contribution >= 4 is 64.4 Å². The molecule has 1 aliphatic heterocycles. The molecule has 0 radical (unpaired) electrons. The van der Waals surface area contributed by atoms with E-state index in [1.165, 1.54) is 52.4 Å². The lowest BCUT2D eigenvalue weighted by molar-refractivity contribution is -0.125. The molecule has 2 aromatic carbocycles. The molecule has 2 aromatic heterocycles. The molecule has 4 aromatic rings. The Kier molecular flexibility index (Phi) is 15.5. The van der Waals surface area contributed by atoms with Gasteiger partial charge in [0.2, 0.25) is 12.3 Å². The number of anilines is 1. The molecule has 314 valence electrons. The van der Waals surface area contributed by atoms with Crippen LogP contribution in [0.5, 0.6) is 17.2 Å². The van der Waals surface area contributed by atoms with Crippen molar-refractivity contribution in [1.82, 2.24) is 15.2 Å². The zero-order valence-electron chi connectivity index (χ0n) is 32.6. The van der Waals surface area contributed by atoms with E-state index in [1.54, 1.807) is 4.90 Å². The summed E-state index contributed by atoms with van der Waals surface area (Å²) in [6.45, 7) is 0.343. The number of fused-ring (bicyclic) bond motifs is 1. The minimum Gasteiger partial charge on any atom is -0.489 e. The van der Waals surface area contributed by atoms with Crippen molar-refractivity contribution in [3.05, 3.63) is 97.4 Å². The Morgan fingerprint density at radius 2 is 1.75 bits per heavy atom. The summed E-state index contributed by atoms with van der Waals surface area (Å²) < 4.78 is 42.8. The van der Waals surface area contributed by atoms with Crippen molar-refractivity contribution < 1.29 is 42.2 Å². The van der Waals surface area contributed by atoms with Gasteiger partial charge in [0.25, 0.3) is 11.8 Å². The summed E-state index contributed by atoms with van der Waals surface area (Å²) in [5.74, 6) is 0.210. The second-order valence-corrected chi connectivity index (χ2v) is 16.5. The van der Waals surface area contributed by atoms with Crippen LogP contribution in [-0.4, -0.2) is 59.8 Å². The van der Waals surface area contributed by atoms with Crippen LogP contribution in [0.1, 0.15) is 101 Å². The first kappa shape index (κ1) is 43.8. The quantitative estimate of drug-likeness (QED) is 0.0577. The Hall–Kier alpha value is -4.79. The number of hydrogen-bond acceptors (Lipinski definition) is 9. The van der Waals surface area contributed by atoms with Crippen LogP contribution in [0.4, 0.5) is 14.5 Å². The van der Waals surface area contributed by atoms with Gasteiger partial charge >= 0.3 is 6.61 Å². The van der Waals surface area contributed by atoms with Gasteiger partial charge in [0, 0.05) is 59.3 Å². The van der Waals surface area contributed by atoms with E-state index >= 15 is 0 Å². The highest BCUT2D eigenvalue weighted by molar-refractivity contribution is 7.10. The van der Waals surface area contributed by atoms with Crippen LogP contribution in [0.3, 0.4) is 0 Å². The Morgan fingerprint density at radius 3 is 2.46 bits per heavy atom. The Labute approximate surface area is 355 Å². The van der Waals surface area contributed by atoms with Crippen LogP contribution in [0.15, 0.2) is 60.2 Å². The van der Waals surface area contributed by atoms with Crippen molar-refractivity contribution in [2.75, 3.05) is 18.1 Å². The number of rotatable bonds is 23. The van der Waals surface area contributed by atoms with Crippen LogP contribution in [0.2, 0.25) is 10.0 Å². The Bertz CT molecular complexity index is 2080. The standard InChI is InChI=1S/C43H46Cl2F2N4O7S/c1-27(8-17-39(53)49-26-52)51-22-32-33(42(51)55)25-59-38(32)24-56-31-14-11-28(12-15-31)7-5-3-2-4-6-18-50(40-34(44)20-48-21-35(40)45)41(54)30-13-16-36(58-43(46)47)37(19-30)57-23-29-9-10-29/h11-16,19-21,25-27,29,43H,2-10,17-18,22-24H2,1H3,(H,49,52,53). The summed E-state index contributed by atoms with van der Waals surface area (Å²) >= 11 is 14.5. The zero-order chi connectivity index (χ0) is 41.9. The molecular weight excluding hydrogens is 825 g/mol. The number of benzene rings is 2. The number of ether oxygens (including phenoxy) is 3. The third-order valence-corrected chi connectivity index (χ3v) is 12.0. The van der Waals surface area contributed by atoms with Crippen molar-refractivity contribution in [2.24, 2.45) is 5.92 Å². The number of thiophene rings is 1. The van der Waals surface area contributed by atoms with Gasteiger partial charge in [0.15, 0.2) is 11.5 Å². The second-order valence-electron chi connectivity index (χ2n) is 14.7. The molecule has 4 amide bonds. The first-order valence-electron chi connectivity index (χ1n) is 19.7. The SMILES string of the molecule is CC(CCC(=O)NC=O)N1Cc2c(csc2COc2ccc(CCCCCCCN(C(=O)c3ccc(OC(F)F)c(OCC4CC4)c3)c3c(Cl)cncc3Cl)cc2)C1=O. The maximum Gasteiger partial charge on any atom is 0.387 e. The number of nitrogens with one attached hydrogen (secondary N) is 1. The third-order valence-electron chi connectivity index (χ3n) is 10.4. The number of unbranched alkanes of at least 4 members (excludes halogenated alkanes) is 4. The Balaban J connectivity index is 0.954. The number of nitrogens with zero attached hydrogens (tertiary/aromatic N) is 3. The van der Waals surface area contributed by atoms with Gasteiger partial charge in [-0.1, -0.05) is 54.6 Å². The van der Waals surface area contributed by atoms with Gasteiger partial charge in [-0.05, 0) is 87.3 Å². The molecule has 59 heavy (non-hydrogen) atoms. The maximum atomic E-state index is 14.0. The minimum absolute atomic E-state index is 0.0546. The van der Waals surface area contributed by atoms with Crippen LogP contribution >= 0.6 is 34.5 Å². The van der Waals surface area contributed by atoms with E-state index < -0.39 is 12.5 Å². The molecule has 11 nitrogen and oxygen atoms in total. The maximum absolute atomic E-state index is 14.0. The lowest BCUT2D eigenvalue weighted by Crippen LogP contribution is -2.34. The minimum atomic E-state index is -3.04. The number of carbonyl (C=O) groups is 4. The fraction of sp³-hybridized carbons (Fsp3) is 0.419. The molecule has 1 saturated carbocycles. The molecule has 3 heterocycles. The lowest BCUT2D eigenvalue weighted by Gasteiger charge is -2.25. The van der Waals surface area contributed by atoms with E-state index in [0.29, 0.717) is 62.7 Å². The van der Waals surface area contributed by atoms with Crippen LogP contribution < -0.4 is 24.4 Å². The average Bonchev–Trinajstić information content (AvgIpc) is 3.88. The molecule has 0 bridgehead atoms. The largest absolute Gasteiger partial charge is 0.489 e. The van der Waals surface area contributed by atoms with Crippen molar-refractivity contribution in [3.63, 3.8) is 0 Å². The summed E-state index contributed by atoms with van der Waals surface area (Å²) in [4.78, 5) is 57.5. The van der Waals surface area contributed by atoms with E-state index in [0.717, 1.165) is 61.1 Å². The first-order chi connectivity index (χ1) is 28.5. The number of pyridine rings is 1. The average molecular weight is 872 g/mol. The number of aromatic nitrogens is 1. The fourth-order valence-corrected chi connectivity index (χ4v) is 8.40. The molecule has 2 aliphatic rings. The first-order valence-corrected chi connectivity index (χ1v) is 21.3. The van der Waals surface area contributed by atoms with E-state index in [9.17, 15) is 28.0 Å². The number of alkyl halides is 2. The van der Waals surface area contributed by atoms with E-state index in [1.807, 2.05) is 24.4 Å². The van der Waals surface area contributed by atoms with E-state index in [-0.39, 0.29) is 51.4 Å². The van der Waals surface area contributed by atoms with Gasteiger partial charge in [-0.3, -0.25) is 29.5 Å². The summed E-state index contributed by atoms with van der Waals surface area (Å²) in [6.07, 6.45) is 11.2. The van der Waals surface area contributed by atoms with Crippen LogP contribution in [-0.2, 0) is 29.2 Å².